The molecule has 4 nitrogen and oxygen atoms in total. The minimum atomic E-state index is -1.66. The molecule has 2 aromatic rings. The number of carbonyl (C=O) groups is 1. The van der Waals surface area contributed by atoms with Gasteiger partial charge in [0.05, 0.1) is 20.1 Å². The number of aliphatic hydroxyl groups is 1. The topological polar surface area (TPSA) is 58.6 Å². The molecule has 0 saturated heterocycles. The van der Waals surface area contributed by atoms with E-state index in [1.54, 1.807) is 24.3 Å². The minimum Gasteiger partial charge on any atom is -0.496 e. The molecule has 128 valence electrons. The van der Waals surface area contributed by atoms with Crippen LogP contribution in [-0.4, -0.2) is 24.7 Å². The lowest BCUT2D eigenvalue weighted by Gasteiger charge is -2.24. The molecule has 1 unspecified atom stereocenters. The summed E-state index contributed by atoms with van der Waals surface area (Å²) >= 11 is 0. The van der Waals surface area contributed by atoms with Gasteiger partial charge in [0, 0.05) is 17.2 Å². The number of hydrogen-bond acceptors (Lipinski definition) is 3. The summed E-state index contributed by atoms with van der Waals surface area (Å²) in [5.74, 6) is -1.35. The molecular formula is C18H19F2NO3. The predicted octanol–water partition coefficient (Wildman–Crippen LogP) is 2.54. The van der Waals surface area contributed by atoms with Gasteiger partial charge in [-0.15, -0.1) is 0 Å². The predicted molar refractivity (Wildman–Crippen MR) is 85.6 cm³/mol. The van der Waals surface area contributed by atoms with Crippen molar-refractivity contribution in [2.75, 3.05) is 13.7 Å². The Morgan fingerprint density at radius 3 is 2.62 bits per heavy atom. The van der Waals surface area contributed by atoms with Crippen LogP contribution in [0.15, 0.2) is 42.5 Å². The molecule has 0 saturated carbocycles. The molecule has 1 amide bonds. The van der Waals surface area contributed by atoms with E-state index < -0.39 is 17.2 Å². The highest BCUT2D eigenvalue weighted by Gasteiger charge is 2.27. The van der Waals surface area contributed by atoms with Crippen LogP contribution in [0.5, 0.6) is 5.75 Å². The summed E-state index contributed by atoms with van der Waals surface area (Å²) in [6, 6.07) is 10.0. The van der Waals surface area contributed by atoms with E-state index in [1.807, 2.05) is 0 Å². The van der Waals surface area contributed by atoms with Gasteiger partial charge in [-0.2, -0.15) is 0 Å². The maximum absolute atomic E-state index is 13.8. The molecule has 0 bridgehead atoms. The number of para-hydroxylation sites is 1. The van der Waals surface area contributed by atoms with Crippen molar-refractivity contribution in [1.82, 2.24) is 5.32 Å². The summed E-state index contributed by atoms with van der Waals surface area (Å²) in [7, 11) is 1.51. The fraction of sp³-hybridized carbons (Fsp3) is 0.278. The van der Waals surface area contributed by atoms with Crippen molar-refractivity contribution >= 4 is 5.91 Å². The first-order chi connectivity index (χ1) is 11.3. The van der Waals surface area contributed by atoms with Crippen LogP contribution in [0.25, 0.3) is 0 Å². The second-order valence-corrected chi connectivity index (χ2v) is 5.66. The Kier molecular flexibility index (Phi) is 5.51. The van der Waals surface area contributed by atoms with Crippen LogP contribution in [0.1, 0.15) is 18.1 Å². The van der Waals surface area contributed by atoms with Crippen molar-refractivity contribution in [2.24, 2.45) is 0 Å². The van der Waals surface area contributed by atoms with Crippen molar-refractivity contribution in [2.45, 2.75) is 18.9 Å². The first-order valence-corrected chi connectivity index (χ1v) is 7.40. The zero-order valence-corrected chi connectivity index (χ0v) is 13.5. The van der Waals surface area contributed by atoms with Gasteiger partial charge in [0.2, 0.25) is 5.91 Å². The Morgan fingerprint density at radius 2 is 1.96 bits per heavy atom. The molecule has 6 heteroatoms. The first kappa shape index (κ1) is 17.9. The number of ether oxygens (including phenoxy) is 1. The number of benzene rings is 2. The van der Waals surface area contributed by atoms with Crippen LogP contribution in [0.3, 0.4) is 0 Å². The fourth-order valence-electron chi connectivity index (χ4n) is 2.38. The lowest BCUT2D eigenvalue weighted by molar-refractivity contribution is -0.121. The lowest BCUT2D eigenvalue weighted by atomic mass is 9.95. The van der Waals surface area contributed by atoms with Crippen molar-refractivity contribution in [3.05, 3.63) is 65.2 Å². The Morgan fingerprint density at radius 1 is 1.25 bits per heavy atom. The Hall–Kier alpha value is -2.47. The van der Waals surface area contributed by atoms with E-state index in [0.717, 1.165) is 12.1 Å². The van der Waals surface area contributed by atoms with Crippen LogP contribution in [0.4, 0.5) is 8.78 Å². The molecule has 0 aliphatic heterocycles. The molecule has 0 aliphatic carbocycles. The van der Waals surface area contributed by atoms with Crippen LogP contribution >= 0.6 is 0 Å². The number of nitrogens with one attached hydrogen (secondary N) is 1. The van der Waals surface area contributed by atoms with Crippen molar-refractivity contribution in [3.63, 3.8) is 0 Å². The Labute approximate surface area is 139 Å². The van der Waals surface area contributed by atoms with E-state index in [4.69, 9.17) is 4.74 Å². The van der Waals surface area contributed by atoms with Gasteiger partial charge >= 0.3 is 0 Å². The third-order valence-electron chi connectivity index (χ3n) is 3.68. The molecule has 0 aromatic heterocycles. The van der Waals surface area contributed by atoms with Gasteiger partial charge in [0.1, 0.15) is 23.0 Å². The second-order valence-electron chi connectivity index (χ2n) is 5.66. The summed E-state index contributed by atoms with van der Waals surface area (Å²) in [4.78, 5) is 12.1. The highest BCUT2D eigenvalue weighted by Crippen LogP contribution is 2.24. The van der Waals surface area contributed by atoms with E-state index in [0.29, 0.717) is 17.4 Å². The smallest absolute Gasteiger partial charge is 0.224 e. The number of hydrogen-bond donors (Lipinski definition) is 2. The third-order valence-corrected chi connectivity index (χ3v) is 3.68. The number of methoxy groups -OCH3 is 1. The molecule has 2 N–H and O–H groups in total. The Balaban J connectivity index is 2.02. The zero-order chi connectivity index (χ0) is 17.7. The maximum atomic E-state index is 13.8. The van der Waals surface area contributed by atoms with Gasteiger partial charge in [0.15, 0.2) is 0 Å². The van der Waals surface area contributed by atoms with E-state index in [-0.39, 0.29) is 24.4 Å². The highest BCUT2D eigenvalue weighted by molar-refractivity contribution is 5.79. The van der Waals surface area contributed by atoms with E-state index in [1.165, 1.54) is 14.0 Å². The van der Waals surface area contributed by atoms with Crippen LogP contribution in [0, 0.1) is 11.6 Å². The Bertz CT molecular complexity index is 732. The van der Waals surface area contributed by atoms with Gasteiger partial charge in [0.25, 0.3) is 0 Å². The average Bonchev–Trinajstić information content (AvgIpc) is 2.53. The lowest BCUT2D eigenvalue weighted by Crippen LogP contribution is -2.39. The average molecular weight is 335 g/mol. The molecule has 0 radical (unpaired) electrons. The molecule has 2 aromatic carbocycles. The van der Waals surface area contributed by atoms with Gasteiger partial charge in [-0.05, 0) is 19.1 Å². The summed E-state index contributed by atoms with van der Waals surface area (Å²) in [6.07, 6.45) is 0.0615. The minimum absolute atomic E-state index is 0.0615. The number of carbonyl (C=O) groups excluding carboxylic acids is 1. The summed E-state index contributed by atoms with van der Waals surface area (Å²) < 4.78 is 31.9. The zero-order valence-electron chi connectivity index (χ0n) is 13.5. The number of amides is 1. The van der Waals surface area contributed by atoms with Crippen LogP contribution in [-0.2, 0) is 16.8 Å². The molecule has 24 heavy (non-hydrogen) atoms. The summed E-state index contributed by atoms with van der Waals surface area (Å²) in [5, 5.41) is 12.9. The summed E-state index contributed by atoms with van der Waals surface area (Å²) in [5.41, 5.74) is -1.04. The van der Waals surface area contributed by atoms with Crippen molar-refractivity contribution in [1.29, 1.82) is 0 Å². The largest absolute Gasteiger partial charge is 0.496 e. The van der Waals surface area contributed by atoms with E-state index in [2.05, 4.69) is 5.32 Å². The number of rotatable bonds is 6. The molecular weight excluding hydrogens is 316 g/mol. The van der Waals surface area contributed by atoms with Gasteiger partial charge in [-0.25, -0.2) is 8.78 Å². The highest BCUT2D eigenvalue weighted by atomic mass is 19.1. The van der Waals surface area contributed by atoms with E-state index >= 15 is 0 Å². The van der Waals surface area contributed by atoms with Crippen LogP contribution in [0.2, 0.25) is 0 Å². The number of halogens is 2. The third kappa shape index (κ3) is 4.29. The second kappa shape index (κ2) is 7.40. The van der Waals surface area contributed by atoms with Gasteiger partial charge in [-0.1, -0.05) is 24.3 Å². The normalized spacial score (nSPS) is 13.2. The molecule has 0 fully saturated rings. The fourth-order valence-corrected chi connectivity index (χ4v) is 2.38. The van der Waals surface area contributed by atoms with Gasteiger partial charge in [-0.3, -0.25) is 4.79 Å². The van der Waals surface area contributed by atoms with Crippen LogP contribution < -0.4 is 10.1 Å². The maximum Gasteiger partial charge on any atom is 0.224 e. The standard InChI is InChI=1S/C18H19F2NO3/c1-18(23,14-8-7-13(19)10-15(14)20)11-21-17(22)9-12-5-3-4-6-16(12)24-2/h3-8,10,23H,9,11H2,1-2H3,(H,21,22). The molecule has 2 rings (SSSR count). The quantitative estimate of drug-likeness (QED) is 0.853. The molecule has 0 heterocycles. The SMILES string of the molecule is COc1ccccc1CC(=O)NCC(C)(O)c1ccc(F)cc1F. The monoisotopic (exact) mass is 335 g/mol. The molecule has 0 aliphatic rings. The van der Waals surface area contributed by atoms with Gasteiger partial charge < -0.3 is 15.2 Å². The molecule has 0 spiro atoms. The first-order valence-electron chi connectivity index (χ1n) is 7.40. The van der Waals surface area contributed by atoms with Crippen molar-refractivity contribution < 1.29 is 23.4 Å². The molecule has 1 atom stereocenters. The summed E-state index contributed by atoms with van der Waals surface area (Å²) in [6.45, 7) is 1.15. The van der Waals surface area contributed by atoms with Crippen molar-refractivity contribution in [3.8, 4) is 5.75 Å². The van der Waals surface area contributed by atoms with E-state index in [9.17, 15) is 18.7 Å².